The van der Waals surface area contributed by atoms with Crippen molar-refractivity contribution in [1.82, 2.24) is 4.90 Å². The van der Waals surface area contributed by atoms with Crippen molar-refractivity contribution < 1.29 is 18.7 Å². The Labute approximate surface area is 133 Å². The van der Waals surface area contributed by atoms with E-state index in [1.54, 1.807) is 29.2 Å². The normalized spacial score (nSPS) is 15.7. The summed E-state index contributed by atoms with van der Waals surface area (Å²) in [5.41, 5.74) is 1.41. The number of benzene rings is 2. The Morgan fingerprint density at radius 2 is 1.70 bits per heavy atom. The second-order valence-corrected chi connectivity index (χ2v) is 5.72. The van der Waals surface area contributed by atoms with E-state index in [1.165, 1.54) is 12.1 Å². The summed E-state index contributed by atoms with van der Waals surface area (Å²) in [5, 5.41) is 9.49. The summed E-state index contributed by atoms with van der Waals surface area (Å²) >= 11 is 0. The van der Waals surface area contributed by atoms with Crippen LogP contribution >= 0.6 is 0 Å². The largest absolute Gasteiger partial charge is 0.393 e. The quantitative estimate of drug-likeness (QED) is 0.924. The third-order valence-corrected chi connectivity index (χ3v) is 4.13. The number of rotatable bonds is 2. The minimum Gasteiger partial charge on any atom is -0.393 e. The van der Waals surface area contributed by atoms with Crippen LogP contribution in [0, 0.1) is 11.6 Å². The van der Waals surface area contributed by atoms with Gasteiger partial charge in [-0.05, 0) is 42.7 Å². The number of hydrogen-bond acceptors (Lipinski definition) is 2. The summed E-state index contributed by atoms with van der Waals surface area (Å²) in [6.45, 7) is 1.07. The van der Waals surface area contributed by atoms with Gasteiger partial charge in [0.2, 0.25) is 0 Å². The fourth-order valence-electron chi connectivity index (χ4n) is 2.77. The minimum atomic E-state index is -0.630. The molecule has 1 aliphatic heterocycles. The van der Waals surface area contributed by atoms with E-state index in [9.17, 15) is 18.7 Å². The van der Waals surface area contributed by atoms with Gasteiger partial charge in [-0.3, -0.25) is 4.79 Å². The molecule has 0 unspecified atom stereocenters. The van der Waals surface area contributed by atoms with Gasteiger partial charge in [0, 0.05) is 30.3 Å². The van der Waals surface area contributed by atoms with Crippen LogP contribution in [0.25, 0.3) is 11.1 Å². The van der Waals surface area contributed by atoms with Crippen LogP contribution in [0.2, 0.25) is 0 Å². The Balaban J connectivity index is 1.78. The highest BCUT2D eigenvalue weighted by Gasteiger charge is 2.22. The molecule has 0 saturated carbocycles. The molecule has 3 nitrogen and oxygen atoms in total. The van der Waals surface area contributed by atoms with Crippen molar-refractivity contribution in [2.45, 2.75) is 18.9 Å². The van der Waals surface area contributed by atoms with Crippen LogP contribution in [0.1, 0.15) is 23.2 Å². The Kier molecular flexibility index (Phi) is 4.39. The van der Waals surface area contributed by atoms with E-state index in [0.29, 0.717) is 42.6 Å². The first-order chi connectivity index (χ1) is 11.0. The summed E-state index contributed by atoms with van der Waals surface area (Å²) in [6.07, 6.45) is 0.845. The zero-order valence-electron chi connectivity index (χ0n) is 12.5. The number of amides is 1. The van der Waals surface area contributed by atoms with Gasteiger partial charge >= 0.3 is 0 Å². The first-order valence-corrected chi connectivity index (χ1v) is 7.57. The molecule has 0 atom stereocenters. The van der Waals surface area contributed by atoms with E-state index in [-0.39, 0.29) is 12.0 Å². The van der Waals surface area contributed by atoms with Crippen LogP contribution in [-0.4, -0.2) is 35.1 Å². The fourth-order valence-corrected chi connectivity index (χ4v) is 2.77. The van der Waals surface area contributed by atoms with Crippen molar-refractivity contribution in [3.8, 4) is 11.1 Å². The smallest absolute Gasteiger partial charge is 0.253 e. The summed E-state index contributed by atoms with van der Waals surface area (Å²) in [5.74, 6) is -1.34. The Bertz CT molecular complexity index is 707. The first-order valence-electron chi connectivity index (χ1n) is 7.57. The lowest BCUT2D eigenvalue weighted by molar-refractivity contribution is 0.0546. The average Bonchev–Trinajstić information content (AvgIpc) is 2.55. The number of carbonyl (C=O) groups excluding carboxylic acids is 1. The lowest BCUT2D eigenvalue weighted by Crippen LogP contribution is -2.40. The topological polar surface area (TPSA) is 40.5 Å². The highest BCUT2D eigenvalue weighted by atomic mass is 19.1. The minimum absolute atomic E-state index is 0.0944. The van der Waals surface area contributed by atoms with Crippen LogP contribution in [0.4, 0.5) is 8.78 Å². The molecule has 0 radical (unpaired) electrons. The molecule has 5 heteroatoms. The van der Waals surface area contributed by atoms with E-state index >= 15 is 0 Å². The monoisotopic (exact) mass is 317 g/mol. The summed E-state index contributed by atoms with van der Waals surface area (Å²) < 4.78 is 26.7. The number of piperidine rings is 1. The zero-order chi connectivity index (χ0) is 16.4. The average molecular weight is 317 g/mol. The number of aliphatic hydroxyl groups excluding tert-OH is 1. The van der Waals surface area contributed by atoms with Crippen molar-refractivity contribution in [1.29, 1.82) is 0 Å². The van der Waals surface area contributed by atoms with Crippen molar-refractivity contribution in [2.75, 3.05) is 13.1 Å². The highest BCUT2D eigenvalue weighted by Crippen LogP contribution is 2.24. The van der Waals surface area contributed by atoms with Crippen molar-refractivity contribution in [3.63, 3.8) is 0 Å². The predicted molar refractivity (Wildman–Crippen MR) is 82.9 cm³/mol. The number of halogens is 2. The molecule has 3 rings (SSSR count). The molecule has 2 aromatic carbocycles. The molecular formula is C18H17F2NO2. The Morgan fingerprint density at radius 3 is 2.30 bits per heavy atom. The van der Waals surface area contributed by atoms with Gasteiger partial charge in [0.05, 0.1) is 6.10 Å². The van der Waals surface area contributed by atoms with Gasteiger partial charge in [-0.25, -0.2) is 8.78 Å². The third-order valence-electron chi connectivity index (χ3n) is 4.13. The van der Waals surface area contributed by atoms with Crippen LogP contribution < -0.4 is 0 Å². The Morgan fingerprint density at radius 1 is 1.04 bits per heavy atom. The maximum atomic E-state index is 13.8. The van der Waals surface area contributed by atoms with E-state index < -0.39 is 11.6 Å². The van der Waals surface area contributed by atoms with Crippen molar-refractivity contribution in [2.24, 2.45) is 0 Å². The van der Waals surface area contributed by atoms with Gasteiger partial charge in [0.1, 0.15) is 11.6 Å². The molecule has 0 aliphatic carbocycles. The van der Waals surface area contributed by atoms with E-state index in [2.05, 4.69) is 0 Å². The first kappa shape index (κ1) is 15.6. The number of hydrogen-bond donors (Lipinski definition) is 1. The van der Waals surface area contributed by atoms with Gasteiger partial charge in [-0.1, -0.05) is 12.1 Å². The van der Waals surface area contributed by atoms with E-state index in [0.717, 1.165) is 6.07 Å². The number of carbonyl (C=O) groups is 1. The van der Waals surface area contributed by atoms with Crippen molar-refractivity contribution >= 4 is 5.91 Å². The number of nitrogens with zero attached hydrogens (tertiary/aromatic N) is 1. The molecule has 1 N–H and O–H groups in total. The maximum Gasteiger partial charge on any atom is 0.253 e. The molecular weight excluding hydrogens is 300 g/mol. The lowest BCUT2D eigenvalue weighted by Gasteiger charge is -2.29. The van der Waals surface area contributed by atoms with Crippen LogP contribution in [0.15, 0.2) is 42.5 Å². The second-order valence-electron chi connectivity index (χ2n) is 5.72. The second kappa shape index (κ2) is 6.46. The molecule has 0 aromatic heterocycles. The molecule has 1 fully saturated rings. The fraction of sp³-hybridized carbons (Fsp3) is 0.278. The van der Waals surface area contributed by atoms with Gasteiger partial charge in [-0.15, -0.1) is 0 Å². The predicted octanol–water partition coefficient (Wildman–Crippen LogP) is 3.23. The molecule has 1 saturated heterocycles. The maximum absolute atomic E-state index is 13.8. The van der Waals surface area contributed by atoms with Crippen LogP contribution in [0.3, 0.4) is 0 Å². The van der Waals surface area contributed by atoms with E-state index in [1.807, 2.05) is 0 Å². The number of aliphatic hydroxyl groups is 1. The van der Waals surface area contributed by atoms with Gasteiger partial charge in [0.25, 0.3) is 5.91 Å². The number of likely N-dealkylation sites (tertiary alicyclic amines) is 1. The Hall–Kier alpha value is -2.27. The molecule has 23 heavy (non-hydrogen) atoms. The SMILES string of the molecule is O=C(c1ccc(-c2ccc(F)cc2F)cc1)N1CCC(O)CC1. The van der Waals surface area contributed by atoms with Gasteiger partial charge in [0.15, 0.2) is 0 Å². The molecule has 0 bridgehead atoms. The third kappa shape index (κ3) is 3.40. The van der Waals surface area contributed by atoms with Crippen LogP contribution in [0.5, 0.6) is 0 Å². The van der Waals surface area contributed by atoms with Gasteiger partial charge in [-0.2, -0.15) is 0 Å². The molecule has 120 valence electrons. The molecule has 1 amide bonds. The molecule has 1 heterocycles. The lowest BCUT2D eigenvalue weighted by atomic mass is 10.0. The van der Waals surface area contributed by atoms with Crippen molar-refractivity contribution in [3.05, 3.63) is 59.7 Å². The molecule has 2 aromatic rings. The van der Waals surface area contributed by atoms with E-state index in [4.69, 9.17) is 0 Å². The summed E-state index contributed by atoms with van der Waals surface area (Å²) in [6, 6.07) is 10.0. The molecule has 1 aliphatic rings. The highest BCUT2D eigenvalue weighted by molar-refractivity contribution is 5.94. The standard InChI is InChI=1S/C18H17F2NO2/c19-14-5-6-16(17(20)11-14)12-1-3-13(4-2-12)18(23)21-9-7-15(22)8-10-21/h1-6,11,15,22H,7-10H2. The van der Waals surface area contributed by atoms with Gasteiger partial charge < -0.3 is 10.0 Å². The summed E-state index contributed by atoms with van der Waals surface area (Å²) in [7, 11) is 0. The zero-order valence-corrected chi connectivity index (χ0v) is 12.5. The summed E-state index contributed by atoms with van der Waals surface area (Å²) in [4.78, 5) is 14.1. The van der Waals surface area contributed by atoms with Crippen LogP contribution in [-0.2, 0) is 0 Å². The molecule has 0 spiro atoms.